The number of hydrogen-bond acceptors (Lipinski definition) is 11. The van der Waals surface area contributed by atoms with Gasteiger partial charge in [0, 0.05) is 34.3 Å². The smallest absolute Gasteiger partial charge is 0.242 e. The van der Waals surface area contributed by atoms with Crippen LogP contribution in [-0.2, 0) is 26.2 Å². The fraction of sp³-hybridized carbons (Fsp3) is 0.288. The second-order valence-corrected chi connectivity index (χ2v) is 19.2. The Hall–Kier alpha value is -6.90. The van der Waals surface area contributed by atoms with Gasteiger partial charge in [0.05, 0.1) is 62.2 Å². The van der Waals surface area contributed by atoms with Gasteiger partial charge in [-0.15, -0.1) is 11.3 Å². The number of rotatable bonds is 10. The van der Waals surface area contributed by atoms with Gasteiger partial charge in [0.2, 0.25) is 29.4 Å². The molecule has 0 bridgehead atoms. The second kappa shape index (κ2) is 16.5. The minimum atomic E-state index is -1.38. The van der Waals surface area contributed by atoms with Crippen molar-refractivity contribution in [2.75, 3.05) is 38.2 Å². The SMILES string of the molecule is COc1ccc(OC)c(C=Cc2ccc(N3C(=O)C4CC=C5C(CC6C(=O)N(c7cc(-c8sc9ccc(Cl)cc9c8C)nn7C)C(=O)C6(C)C5c5cc(OC)c(O)c(OC)c5)C4C3=O)cc2)c1. The Bertz CT molecular complexity index is 3110. The lowest BCUT2D eigenvalue weighted by Crippen LogP contribution is -2.49. The summed E-state index contributed by atoms with van der Waals surface area (Å²) in [6.07, 6.45) is 6.20. The Labute approximate surface area is 395 Å². The number of aromatic nitrogens is 2. The Morgan fingerprint density at radius 3 is 2.21 bits per heavy atom. The Morgan fingerprint density at radius 1 is 0.806 bits per heavy atom. The van der Waals surface area contributed by atoms with Gasteiger partial charge in [-0.1, -0.05) is 47.5 Å². The van der Waals surface area contributed by atoms with Crippen LogP contribution in [0.1, 0.15) is 47.9 Å². The number of phenols is 1. The molecule has 342 valence electrons. The van der Waals surface area contributed by atoms with E-state index in [4.69, 9.17) is 35.6 Å². The van der Waals surface area contributed by atoms with Crippen molar-refractivity contribution in [1.82, 2.24) is 9.78 Å². The molecule has 2 aliphatic heterocycles. The van der Waals surface area contributed by atoms with Gasteiger partial charge in [0.25, 0.3) is 0 Å². The van der Waals surface area contributed by atoms with E-state index in [1.165, 1.54) is 24.0 Å². The number of carbonyl (C=O) groups excluding carboxylic acids is 4. The van der Waals surface area contributed by atoms with E-state index in [9.17, 15) is 14.7 Å². The van der Waals surface area contributed by atoms with Crippen LogP contribution in [0.2, 0.25) is 5.02 Å². The van der Waals surface area contributed by atoms with Gasteiger partial charge in [-0.2, -0.15) is 5.10 Å². The molecule has 15 heteroatoms. The zero-order valence-corrected chi connectivity index (χ0v) is 39.4. The lowest BCUT2D eigenvalue weighted by molar-refractivity contribution is -0.131. The first-order valence-corrected chi connectivity index (χ1v) is 23.1. The van der Waals surface area contributed by atoms with Crippen LogP contribution in [0.5, 0.6) is 28.7 Å². The predicted octanol–water partition coefficient (Wildman–Crippen LogP) is 9.61. The van der Waals surface area contributed by atoms with Gasteiger partial charge in [0.1, 0.15) is 23.0 Å². The number of carbonyl (C=O) groups is 4. The topological polar surface area (TPSA) is 150 Å². The summed E-state index contributed by atoms with van der Waals surface area (Å²) >= 11 is 7.92. The Balaban J connectivity index is 1.02. The van der Waals surface area contributed by atoms with Crippen LogP contribution in [-0.4, -0.2) is 67.0 Å². The number of methoxy groups -OCH3 is 4. The van der Waals surface area contributed by atoms with Gasteiger partial charge < -0.3 is 24.1 Å². The van der Waals surface area contributed by atoms with Crippen molar-refractivity contribution in [2.45, 2.75) is 32.6 Å². The monoisotopic (exact) mass is 938 g/mol. The third kappa shape index (κ3) is 6.74. The summed E-state index contributed by atoms with van der Waals surface area (Å²) in [6, 6.07) is 23.5. The number of ether oxygens (including phenoxy) is 4. The molecule has 1 saturated carbocycles. The summed E-state index contributed by atoms with van der Waals surface area (Å²) in [5.74, 6) is -3.58. The van der Waals surface area contributed by atoms with Crippen LogP contribution in [0.15, 0.2) is 90.5 Å². The van der Waals surface area contributed by atoms with E-state index >= 15 is 9.59 Å². The second-order valence-electron chi connectivity index (χ2n) is 17.7. The van der Waals surface area contributed by atoms with E-state index in [-0.39, 0.29) is 41.9 Å². The lowest BCUT2D eigenvalue weighted by atomic mass is 9.51. The van der Waals surface area contributed by atoms with Crippen molar-refractivity contribution in [2.24, 2.45) is 36.1 Å². The standard InChI is InChI=1S/C52H47ClN4O9S/c1-26-35-23-30(53)12-19-42(35)67-47(26)38-25-43(55(3)54-38)57-49(60)37-24-36-33(45(52(37,2)51(57)62)29-21-40(65-6)46(58)41(22-29)66-7)16-17-34-44(36)50(61)56(48(34)59)31-13-9-27(10-14-31)8-11-28-20-32(63-4)15-18-39(28)64-5/h8-16,18-23,25,34,36-37,44-45,58H,17,24H2,1-7H3. The number of aryl methyl sites for hydroxylation is 2. The van der Waals surface area contributed by atoms with Gasteiger partial charge >= 0.3 is 0 Å². The van der Waals surface area contributed by atoms with Crippen molar-refractivity contribution in [1.29, 1.82) is 0 Å². The molecule has 0 spiro atoms. The maximum Gasteiger partial charge on any atom is 0.242 e. The highest BCUT2D eigenvalue weighted by Crippen LogP contribution is 2.64. The van der Waals surface area contributed by atoms with Crippen molar-refractivity contribution in [3.63, 3.8) is 0 Å². The summed E-state index contributed by atoms with van der Waals surface area (Å²) in [7, 11) is 7.76. The molecule has 3 fully saturated rings. The number of benzene rings is 4. The van der Waals surface area contributed by atoms with Gasteiger partial charge in [-0.05, 0) is 115 Å². The van der Waals surface area contributed by atoms with E-state index in [2.05, 4.69) is 0 Å². The zero-order chi connectivity index (χ0) is 47.2. The fourth-order valence-electron chi connectivity index (χ4n) is 11.1. The number of allylic oxidation sites excluding steroid dienone is 2. The van der Waals surface area contributed by atoms with Crippen molar-refractivity contribution < 1.29 is 43.2 Å². The van der Waals surface area contributed by atoms with E-state index in [1.54, 1.807) is 67.6 Å². The first-order valence-electron chi connectivity index (χ1n) is 21.9. The van der Waals surface area contributed by atoms with E-state index < -0.39 is 46.8 Å². The molecule has 0 radical (unpaired) electrons. The maximum absolute atomic E-state index is 15.4. The normalized spacial score (nSPS) is 23.5. The van der Waals surface area contributed by atoms with Gasteiger partial charge in [-0.3, -0.25) is 28.8 Å². The molecular formula is C52H47ClN4O9S. The fourth-order valence-corrected chi connectivity index (χ4v) is 12.4. The molecule has 4 heterocycles. The Kier molecular flexibility index (Phi) is 10.8. The molecule has 6 atom stereocenters. The molecule has 2 aromatic heterocycles. The highest BCUT2D eigenvalue weighted by molar-refractivity contribution is 7.22. The van der Waals surface area contributed by atoms with Crippen molar-refractivity contribution >= 4 is 80.3 Å². The highest BCUT2D eigenvalue weighted by atomic mass is 35.5. The summed E-state index contributed by atoms with van der Waals surface area (Å²) < 4.78 is 24.7. The molecule has 4 amide bonds. The number of anilines is 2. The van der Waals surface area contributed by atoms with Crippen molar-refractivity contribution in [3.05, 3.63) is 118 Å². The first-order chi connectivity index (χ1) is 32.2. The number of imide groups is 2. The highest BCUT2D eigenvalue weighted by Gasteiger charge is 2.68. The number of phenolic OH excluding ortho intramolecular Hbond substituents is 1. The third-order valence-electron chi connectivity index (χ3n) is 14.4. The average Bonchev–Trinajstić information content (AvgIpc) is 4.01. The number of fused-ring (bicyclic) bond motifs is 5. The van der Waals surface area contributed by atoms with Crippen LogP contribution in [0.25, 0.3) is 32.8 Å². The molecule has 2 aliphatic carbocycles. The molecule has 2 saturated heterocycles. The van der Waals surface area contributed by atoms with E-state index in [0.29, 0.717) is 39.3 Å². The number of nitrogens with zero attached hydrogens (tertiary/aromatic N) is 4. The largest absolute Gasteiger partial charge is 0.502 e. The Morgan fingerprint density at radius 2 is 1.52 bits per heavy atom. The number of hydrogen-bond donors (Lipinski definition) is 1. The molecular weight excluding hydrogens is 892 g/mol. The minimum absolute atomic E-state index is 0.120. The molecule has 67 heavy (non-hydrogen) atoms. The van der Waals surface area contributed by atoms with Crippen LogP contribution in [0, 0.1) is 36.0 Å². The van der Waals surface area contributed by atoms with E-state index in [0.717, 1.165) is 37.2 Å². The summed E-state index contributed by atoms with van der Waals surface area (Å²) in [5, 5.41) is 17.5. The summed E-state index contributed by atoms with van der Waals surface area (Å²) in [5.41, 5.74) is 3.64. The molecule has 4 aliphatic rings. The van der Waals surface area contributed by atoms with Crippen molar-refractivity contribution in [3.8, 4) is 39.3 Å². The minimum Gasteiger partial charge on any atom is -0.502 e. The van der Waals surface area contributed by atoms with Gasteiger partial charge in [0.15, 0.2) is 11.5 Å². The van der Waals surface area contributed by atoms with E-state index in [1.807, 2.05) is 80.6 Å². The zero-order valence-electron chi connectivity index (χ0n) is 37.8. The number of thiophene rings is 1. The maximum atomic E-state index is 15.4. The molecule has 13 nitrogen and oxygen atoms in total. The summed E-state index contributed by atoms with van der Waals surface area (Å²) in [4.78, 5) is 63.3. The molecule has 6 unspecified atom stereocenters. The van der Waals surface area contributed by atoms with Crippen LogP contribution in [0.3, 0.4) is 0 Å². The quantitative estimate of drug-likeness (QED) is 0.0800. The number of amides is 4. The molecule has 6 aromatic rings. The summed E-state index contributed by atoms with van der Waals surface area (Å²) in [6.45, 7) is 3.81. The molecule has 10 rings (SSSR count). The van der Waals surface area contributed by atoms with Gasteiger partial charge in [-0.25, -0.2) is 4.90 Å². The van der Waals surface area contributed by atoms with Crippen LogP contribution >= 0.6 is 22.9 Å². The number of aromatic hydroxyl groups is 1. The third-order valence-corrected chi connectivity index (χ3v) is 15.9. The molecule has 1 N–H and O–H groups in total. The molecule has 4 aromatic carbocycles. The first kappa shape index (κ1) is 44.0. The van der Waals surface area contributed by atoms with Crippen LogP contribution < -0.4 is 28.7 Å². The van der Waals surface area contributed by atoms with Crippen LogP contribution in [0.4, 0.5) is 11.5 Å². The predicted molar refractivity (Wildman–Crippen MR) is 257 cm³/mol. The lowest BCUT2D eigenvalue weighted by Gasteiger charge is -2.49. The number of halogens is 1. The average molecular weight is 939 g/mol.